The molecular formula is C12H9ClIN3O2. The lowest BCUT2D eigenvalue weighted by Crippen LogP contribution is -2.06. The fraction of sp³-hybridized carbons (Fsp3) is 0.0833. The highest BCUT2D eigenvalue weighted by Crippen LogP contribution is 2.26. The second-order valence-electron chi connectivity index (χ2n) is 3.75. The van der Waals surface area contributed by atoms with Crippen molar-refractivity contribution >= 4 is 51.8 Å². The van der Waals surface area contributed by atoms with E-state index >= 15 is 0 Å². The number of aromatic nitrogens is 2. The van der Waals surface area contributed by atoms with Gasteiger partial charge in [-0.05, 0) is 47.7 Å². The largest absolute Gasteiger partial charge is 0.478 e. The minimum atomic E-state index is -1.05. The van der Waals surface area contributed by atoms with E-state index in [1.807, 2.05) is 18.2 Å². The van der Waals surface area contributed by atoms with Crippen molar-refractivity contribution in [1.29, 1.82) is 0 Å². The van der Waals surface area contributed by atoms with Crippen LogP contribution in [0.15, 0.2) is 24.4 Å². The highest BCUT2D eigenvalue weighted by molar-refractivity contribution is 14.1. The zero-order valence-corrected chi connectivity index (χ0v) is 12.7. The van der Waals surface area contributed by atoms with Gasteiger partial charge in [-0.2, -0.15) is 0 Å². The van der Waals surface area contributed by atoms with E-state index in [0.717, 1.165) is 3.57 Å². The third kappa shape index (κ3) is 3.32. The van der Waals surface area contributed by atoms with E-state index in [0.29, 0.717) is 22.4 Å². The quantitative estimate of drug-likeness (QED) is 0.786. The van der Waals surface area contributed by atoms with E-state index in [-0.39, 0.29) is 5.56 Å². The van der Waals surface area contributed by atoms with Gasteiger partial charge in [0.15, 0.2) is 0 Å². The van der Waals surface area contributed by atoms with Gasteiger partial charge in [0.05, 0.1) is 22.0 Å². The summed E-state index contributed by atoms with van der Waals surface area (Å²) in [4.78, 5) is 18.9. The van der Waals surface area contributed by atoms with Crippen LogP contribution in [0.5, 0.6) is 0 Å². The lowest BCUT2D eigenvalue weighted by Gasteiger charge is -2.08. The van der Waals surface area contributed by atoms with Crippen molar-refractivity contribution < 1.29 is 9.90 Å². The van der Waals surface area contributed by atoms with Crippen molar-refractivity contribution in [2.24, 2.45) is 0 Å². The number of hydrogen-bond donors (Lipinski definition) is 2. The normalized spacial score (nSPS) is 10.3. The van der Waals surface area contributed by atoms with Crippen LogP contribution < -0.4 is 5.32 Å². The number of carboxylic acid groups (broad SMARTS) is 1. The predicted octanol–water partition coefficient (Wildman–Crippen LogP) is 3.48. The van der Waals surface area contributed by atoms with Crippen molar-refractivity contribution in [3.8, 4) is 0 Å². The van der Waals surface area contributed by atoms with Gasteiger partial charge < -0.3 is 10.4 Å². The van der Waals surface area contributed by atoms with Crippen molar-refractivity contribution in [3.05, 3.63) is 44.2 Å². The molecule has 7 heteroatoms. The first kappa shape index (κ1) is 14.0. The number of rotatable bonds is 3. The molecule has 0 aliphatic carbocycles. The van der Waals surface area contributed by atoms with Crippen LogP contribution in [0.1, 0.15) is 16.1 Å². The zero-order chi connectivity index (χ0) is 14.0. The van der Waals surface area contributed by atoms with Gasteiger partial charge in [0.2, 0.25) is 5.95 Å². The molecule has 1 heterocycles. The Bertz CT molecular complexity index is 649. The molecule has 5 nitrogen and oxygen atoms in total. The Labute approximate surface area is 128 Å². The molecule has 0 amide bonds. The maximum atomic E-state index is 10.9. The smallest absolute Gasteiger partial charge is 0.339 e. The summed E-state index contributed by atoms with van der Waals surface area (Å²) in [6.45, 7) is 1.62. The lowest BCUT2D eigenvalue weighted by molar-refractivity contribution is 0.0695. The molecule has 0 bridgehead atoms. The van der Waals surface area contributed by atoms with Crippen molar-refractivity contribution in [3.63, 3.8) is 0 Å². The zero-order valence-electron chi connectivity index (χ0n) is 9.82. The number of carboxylic acids is 1. The van der Waals surface area contributed by atoms with Crippen LogP contribution in [-0.4, -0.2) is 21.0 Å². The average molecular weight is 390 g/mol. The monoisotopic (exact) mass is 389 g/mol. The van der Waals surface area contributed by atoms with Crippen LogP contribution in [0.2, 0.25) is 5.02 Å². The average Bonchev–Trinajstić information content (AvgIpc) is 2.32. The molecule has 1 aromatic carbocycles. The number of carbonyl (C=O) groups is 1. The number of nitrogens with one attached hydrogen (secondary N) is 1. The molecule has 0 saturated carbocycles. The highest BCUT2D eigenvalue weighted by Gasteiger charge is 2.10. The van der Waals surface area contributed by atoms with Gasteiger partial charge in [-0.15, -0.1) is 0 Å². The SMILES string of the molecule is Cc1nc(Nc2ccc(I)cc2Cl)ncc1C(=O)O. The van der Waals surface area contributed by atoms with Crippen LogP contribution in [0, 0.1) is 10.5 Å². The number of benzene rings is 1. The fourth-order valence-corrected chi connectivity index (χ4v) is 2.35. The molecule has 19 heavy (non-hydrogen) atoms. The van der Waals surface area contributed by atoms with E-state index in [9.17, 15) is 4.79 Å². The Morgan fingerprint density at radius 3 is 2.79 bits per heavy atom. The second kappa shape index (κ2) is 5.70. The Hall–Kier alpha value is -1.41. The van der Waals surface area contributed by atoms with Crippen LogP contribution in [-0.2, 0) is 0 Å². The Morgan fingerprint density at radius 2 is 2.21 bits per heavy atom. The third-order valence-electron chi connectivity index (χ3n) is 2.39. The third-order valence-corrected chi connectivity index (χ3v) is 3.37. The Morgan fingerprint density at radius 1 is 1.47 bits per heavy atom. The van der Waals surface area contributed by atoms with Crippen LogP contribution in [0.25, 0.3) is 0 Å². The summed E-state index contributed by atoms with van der Waals surface area (Å²) in [6.07, 6.45) is 1.27. The van der Waals surface area contributed by atoms with E-state index in [1.165, 1.54) is 6.20 Å². The fourth-order valence-electron chi connectivity index (χ4n) is 1.45. The summed E-state index contributed by atoms with van der Waals surface area (Å²) in [5.74, 6) is -0.734. The first-order valence-corrected chi connectivity index (χ1v) is 6.72. The predicted molar refractivity (Wildman–Crippen MR) is 81.2 cm³/mol. The van der Waals surface area contributed by atoms with E-state index in [1.54, 1.807) is 6.92 Å². The van der Waals surface area contributed by atoms with Gasteiger partial charge in [-0.3, -0.25) is 0 Å². The molecule has 0 spiro atoms. The number of aryl methyl sites for hydroxylation is 1. The van der Waals surface area contributed by atoms with Gasteiger partial charge in [-0.25, -0.2) is 14.8 Å². The Kier molecular flexibility index (Phi) is 4.20. The molecule has 0 saturated heterocycles. The summed E-state index contributed by atoms with van der Waals surface area (Å²) in [5, 5.41) is 12.4. The Balaban J connectivity index is 2.29. The second-order valence-corrected chi connectivity index (χ2v) is 5.40. The van der Waals surface area contributed by atoms with Gasteiger partial charge in [0, 0.05) is 9.77 Å². The highest BCUT2D eigenvalue weighted by atomic mass is 127. The van der Waals surface area contributed by atoms with Crippen LogP contribution in [0.3, 0.4) is 0 Å². The number of hydrogen-bond acceptors (Lipinski definition) is 4. The molecule has 1 aromatic heterocycles. The van der Waals surface area contributed by atoms with Gasteiger partial charge >= 0.3 is 5.97 Å². The summed E-state index contributed by atoms with van der Waals surface area (Å²) >= 11 is 8.25. The summed E-state index contributed by atoms with van der Waals surface area (Å²) < 4.78 is 1.02. The molecule has 0 radical (unpaired) electrons. The van der Waals surface area contributed by atoms with E-state index in [2.05, 4.69) is 37.9 Å². The van der Waals surface area contributed by atoms with Crippen LogP contribution in [0.4, 0.5) is 11.6 Å². The van der Waals surface area contributed by atoms with Gasteiger partial charge in [0.1, 0.15) is 0 Å². The minimum Gasteiger partial charge on any atom is -0.478 e. The van der Waals surface area contributed by atoms with E-state index < -0.39 is 5.97 Å². The van der Waals surface area contributed by atoms with Crippen molar-refractivity contribution in [1.82, 2.24) is 9.97 Å². The molecule has 0 fully saturated rings. The first-order chi connectivity index (χ1) is 8.97. The number of anilines is 2. The number of nitrogens with zero attached hydrogens (tertiary/aromatic N) is 2. The van der Waals surface area contributed by atoms with Crippen molar-refractivity contribution in [2.75, 3.05) is 5.32 Å². The van der Waals surface area contributed by atoms with Gasteiger partial charge in [0.25, 0.3) is 0 Å². The summed E-state index contributed by atoms with van der Waals surface area (Å²) in [7, 11) is 0. The minimum absolute atomic E-state index is 0.0826. The van der Waals surface area contributed by atoms with E-state index in [4.69, 9.17) is 16.7 Å². The molecule has 2 rings (SSSR count). The topological polar surface area (TPSA) is 75.1 Å². The molecule has 0 aliphatic rings. The molecule has 0 unspecified atom stereocenters. The molecular weight excluding hydrogens is 381 g/mol. The molecule has 98 valence electrons. The molecule has 0 aliphatic heterocycles. The summed E-state index contributed by atoms with van der Waals surface area (Å²) in [6, 6.07) is 5.52. The molecule has 0 atom stereocenters. The maximum absolute atomic E-state index is 10.9. The number of aromatic carboxylic acids is 1. The maximum Gasteiger partial charge on any atom is 0.339 e. The number of halogens is 2. The molecule has 2 N–H and O–H groups in total. The lowest BCUT2D eigenvalue weighted by atomic mass is 10.2. The van der Waals surface area contributed by atoms with Crippen molar-refractivity contribution in [2.45, 2.75) is 6.92 Å². The standard InChI is InChI=1S/C12H9ClIN3O2/c1-6-8(11(18)19)5-15-12(16-6)17-10-3-2-7(14)4-9(10)13/h2-5H,1H3,(H,18,19)(H,15,16,17). The molecule has 2 aromatic rings. The summed E-state index contributed by atoms with van der Waals surface area (Å²) in [5.41, 5.74) is 1.15. The van der Waals surface area contributed by atoms with Gasteiger partial charge in [-0.1, -0.05) is 11.6 Å². The first-order valence-electron chi connectivity index (χ1n) is 5.26. The van der Waals surface area contributed by atoms with Crippen LogP contribution >= 0.6 is 34.2 Å².